The number of nitrogens with two attached hydrogens (primary N) is 1. The molecule has 1 saturated carbocycles. The number of hydrogen-bond donors (Lipinski definition) is 1. The third-order valence-corrected chi connectivity index (χ3v) is 5.54. The quantitative estimate of drug-likeness (QED) is 0.927. The number of carbonyl (C=O) groups excluding carboxylic acids is 1. The summed E-state index contributed by atoms with van der Waals surface area (Å²) in [7, 11) is 1.98. The van der Waals surface area contributed by atoms with Crippen LogP contribution in [0.15, 0.2) is 30.3 Å². The molecule has 1 amide bonds. The lowest BCUT2D eigenvalue weighted by Gasteiger charge is -2.32. The standard InChI is InChI=1S/C19H29N3O/c1-21(16-10-6-3-7-11-16)19(23)14-22-12-17(18(20)13-22)15-8-4-2-5-9-15/h2,4-5,8-9,16-18H,3,6-7,10-14,20H2,1H3/t17-,18+/m0/s1. The minimum Gasteiger partial charge on any atom is -0.342 e. The molecule has 2 aliphatic rings. The Hall–Kier alpha value is -1.39. The molecule has 1 aromatic rings. The van der Waals surface area contributed by atoms with Crippen LogP contribution in [0.3, 0.4) is 0 Å². The zero-order chi connectivity index (χ0) is 16.2. The molecule has 2 fully saturated rings. The van der Waals surface area contributed by atoms with E-state index in [0.29, 0.717) is 18.5 Å². The van der Waals surface area contributed by atoms with Crippen LogP contribution in [0.4, 0.5) is 0 Å². The Morgan fingerprint density at radius 2 is 1.87 bits per heavy atom. The number of carbonyl (C=O) groups is 1. The Bertz CT molecular complexity index is 513. The molecule has 2 N–H and O–H groups in total. The van der Waals surface area contributed by atoms with E-state index in [9.17, 15) is 4.79 Å². The van der Waals surface area contributed by atoms with Crippen LogP contribution >= 0.6 is 0 Å². The van der Waals surface area contributed by atoms with Crippen molar-refractivity contribution in [1.82, 2.24) is 9.80 Å². The van der Waals surface area contributed by atoms with Crippen molar-refractivity contribution in [2.45, 2.75) is 50.1 Å². The molecule has 23 heavy (non-hydrogen) atoms. The van der Waals surface area contributed by atoms with Crippen LogP contribution in [-0.2, 0) is 4.79 Å². The van der Waals surface area contributed by atoms with Crippen LogP contribution in [0.2, 0.25) is 0 Å². The molecular formula is C19H29N3O. The number of benzene rings is 1. The van der Waals surface area contributed by atoms with Crippen LogP contribution in [-0.4, -0.2) is 54.5 Å². The number of likely N-dealkylation sites (N-methyl/N-ethyl adjacent to an activating group) is 1. The Labute approximate surface area is 139 Å². The van der Waals surface area contributed by atoms with Gasteiger partial charge in [-0.25, -0.2) is 0 Å². The molecule has 4 nitrogen and oxygen atoms in total. The van der Waals surface area contributed by atoms with Crippen LogP contribution < -0.4 is 5.73 Å². The fourth-order valence-corrected chi connectivity index (χ4v) is 4.07. The van der Waals surface area contributed by atoms with Gasteiger partial charge in [-0.15, -0.1) is 0 Å². The fraction of sp³-hybridized carbons (Fsp3) is 0.632. The van der Waals surface area contributed by atoms with Crippen molar-refractivity contribution < 1.29 is 4.79 Å². The molecule has 1 aliphatic carbocycles. The monoisotopic (exact) mass is 315 g/mol. The van der Waals surface area contributed by atoms with Crippen LogP contribution in [0.25, 0.3) is 0 Å². The second-order valence-corrected chi connectivity index (χ2v) is 7.17. The molecule has 2 atom stereocenters. The number of nitrogens with zero attached hydrogens (tertiary/aromatic N) is 2. The maximum atomic E-state index is 12.6. The number of amides is 1. The molecule has 1 saturated heterocycles. The zero-order valence-corrected chi connectivity index (χ0v) is 14.2. The highest BCUT2D eigenvalue weighted by Crippen LogP contribution is 2.27. The van der Waals surface area contributed by atoms with Gasteiger partial charge < -0.3 is 10.6 Å². The predicted octanol–water partition coefficient (Wildman–Crippen LogP) is 2.20. The summed E-state index contributed by atoms with van der Waals surface area (Å²) in [4.78, 5) is 16.8. The lowest BCUT2D eigenvalue weighted by Crippen LogP contribution is -2.44. The third-order valence-electron chi connectivity index (χ3n) is 5.54. The van der Waals surface area contributed by atoms with Crippen molar-refractivity contribution in [2.24, 2.45) is 5.73 Å². The molecular weight excluding hydrogens is 286 g/mol. The highest BCUT2D eigenvalue weighted by molar-refractivity contribution is 5.78. The molecule has 0 radical (unpaired) electrons. The Kier molecular flexibility index (Phi) is 5.34. The Balaban J connectivity index is 1.55. The topological polar surface area (TPSA) is 49.6 Å². The van der Waals surface area contributed by atoms with E-state index in [4.69, 9.17) is 5.73 Å². The van der Waals surface area contributed by atoms with Crippen molar-refractivity contribution in [3.63, 3.8) is 0 Å². The van der Waals surface area contributed by atoms with Crippen molar-refractivity contribution >= 4 is 5.91 Å². The molecule has 0 bridgehead atoms. The van der Waals surface area contributed by atoms with E-state index < -0.39 is 0 Å². The van der Waals surface area contributed by atoms with E-state index in [2.05, 4.69) is 29.2 Å². The van der Waals surface area contributed by atoms with Gasteiger partial charge in [-0.1, -0.05) is 49.6 Å². The second-order valence-electron chi connectivity index (χ2n) is 7.17. The first-order valence-corrected chi connectivity index (χ1v) is 8.93. The van der Waals surface area contributed by atoms with Gasteiger partial charge in [0.2, 0.25) is 5.91 Å². The highest BCUT2D eigenvalue weighted by atomic mass is 16.2. The van der Waals surface area contributed by atoms with E-state index in [1.807, 2.05) is 18.0 Å². The third kappa shape index (κ3) is 3.93. The first-order valence-electron chi connectivity index (χ1n) is 8.93. The lowest BCUT2D eigenvalue weighted by atomic mass is 9.94. The van der Waals surface area contributed by atoms with Crippen molar-refractivity contribution in [3.05, 3.63) is 35.9 Å². The summed E-state index contributed by atoms with van der Waals surface area (Å²) in [6, 6.07) is 11.0. The van der Waals surface area contributed by atoms with Gasteiger partial charge >= 0.3 is 0 Å². The Morgan fingerprint density at radius 1 is 1.17 bits per heavy atom. The molecule has 0 aromatic heterocycles. The van der Waals surface area contributed by atoms with Crippen LogP contribution in [0.1, 0.15) is 43.6 Å². The summed E-state index contributed by atoms with van der Waals surface area (Å²) in [5.74, 6) is 0.585. The van der Waals surface area contributed by atoms with Gasteiger partial charge in [0, 0.05) is 38.1 Å². The summed E-state index contributed by atoms with van der Waals surface area (Å²) in [6.45, 7) is 2.20. The lowest BCUT2D eigenvalue weighted by molar-refractivity contribution is -0.133. The van der Waals surface area contributed by atoms with Gasteiger partial charge in [0.15, 0.2) is 0 Å². The highest BCUT2D eigenvalue weighted by Gasteiger charge is 2.33. The molecule has 1 heterocycles. The summed E-state index contributed by atoms with van der Waals surface area (Å²) < 4.78 is 0. The zero-order valence-electron chi connectivity index (χ0n) is 14.2. The van der Waals surface area contributed by atoms with E-state index >= 15 is 0 Å². The van der Waals surface area contributed by atoms with E-state index in [-0.39, 0.29) is 11.9 Å². The van der Waals surface area contributed by atoms with Gasteiger partial charge in [-0.3, -0.25) is 9.69 Å². The summed E-state index contributed by atoms with van der Waals surface area (Å²) in [6.07, 6.45) is 6.15. The smallest absolute Gasteiger partial charge is 0.236 e. The largest absolute Gasteiger partial charge is 0.342 e. The Morgan fingerprint density at radius 3 is 2.57 bits per heavy atom. The average Bonchev–Trinajstić information content (AvgIpc) is 2.96. The minimum absolute atomic E-state index is 0.116. The number of rotatable bonds is 4. The van der Waals surface area contributed by atoms with Gasteiger partial charge in [0.25, 0.3) is 0 Å². The van der Waals surface area contributed by atoms with Crippen molar-refractivity contribution in [1.29, 1.82) is 0 Å². The normalized spacial score (nSPS) is 26.3. The SMILES string of the molecule is CN(C(=O)CN1C[C@@H](N)[C@H](c2ccccc2)C1)C1CCCCC1. The van der Waals surface area contributed by atoms with Crippen molar-refractivity contribution in [2.75, 3.05) is 26.7 Å². The average molecular weight is 315 g/mol. The number of hydrogen-bond acceptors (Lipinski definition) is 3. The maximum Gasteiger partial charge on any atom is 0.236 e. The molecule has 3 rings (SSSR count). The molecule has 0 spiro atoms. The second kappa shape index (κ2) is 7.45. The van der Waals surface area contributed by atoms with E-state index in [0.717, 1.165) is 25.9 Å². The predicted molar refractivity (Wildman–Crippen MR) is 93.2 cm³/mol. The van der Waals surface area contributed by atoms with Crippen LogP contribution in [0.5, 0.6) is 0 Å². The van der Waals surface area contributed by atoms with Gasteiger partial charge in [0.05, 0.1) is 6.54 Å². The van der Waals surface area contributed by atoms with E-state index in [1.165, 1.54) is 24.8 Å². The van der Waals surface area contributed by atoms with Crippen molar-refractivity contribution in [3.8, 4) is 0 Å². The molecule has 0 unspecified atom stereocenters. The maximum absolute atomic E-state index is 12.6. The molecule has 4 heteroatoms. The van der Waals surface area contributed by atoms with Gasteiger partial charge in [0.1, 0.15) is 0 Å². The van der Waals surface area contributed by atoms with E-state index in [1.54, 1.807) is 0 Å². The summed E-state index contributed by atoms with van der Waals surface area (Å²) >= 11 is 0. The fourth-order valence-electron chi connectivity index (χ4n) is 4.07. The van der Waals surface area contributed by atoms with Crippen LogP contribution in [0, 0.1) is 0 Å². The summed E-state index contributed by atoms with van der Waals surface area (Å²) in [5, 5.41) is 0. The first-order chi connectivity index (χ1) is 11.1. The summed E-state index contributed by atoms with van der Waals surface area (Å²) in [5.41, 5.74) is 7.62. The van der Waals surface area contributed by atoms with Gasteiger partial charge in [-0.05, 0) is 18.4 Å². The number of likely N-dealkylation sites (tertiary alicyclic amines) is 1. The first kappa shape index (κ1) is 16.5. The van der Waals surface area contributed by atoms with Gasteiger partial charge in [-0.2, -0.15) is 0 Å². The molecule has 1 aliphatic heterocycles. The molecule has 126 valence electrons. The minimum atomic E-state index is 0.116. The molecule has 1 aromatic carbocycles.